The molecule has 0 amide bonds. The van der Waals surface area contributed by atoms with Crippen molar-refractivity contribution < 1.29 is 27.8 Å². The Labute approximate surface area is 188 Å². The number of ether oxygens (including phenoxy) is 3. The Bertz CT molecular complexity index is 1270. The van der Waals surface area contributed by atoms with E-state index in [1.165, 1.54) is 13.2 Å². The summed E-state index contributed by atoms with van der Waals surface area (Å²) in [5, 5.41) is 9.56. The molecule has 5 rings (SSSR count). The number of nitrogens with zero attached hydrogens (tertiary/aromatic N) is 3. The van der Waals surface area contributed by atoms with Gasteiger partial charge in [-0.15, -0.1) is 0 Å². The first-order valence-electron chi connectivity index (χ1n) is 10.6. The van der Waals surface area contributed by atoms with Gasteiger partial charge in [0.15, 0.2) is 5.78 Å². The molecule has 0 radical (unpaired) electrons. The normalized spacial score (nSPS) is 16.9. The maximum Gasteiger partial charge on any atom is 0.387 e. The summed E-state index contributed by atoms with van der Waals surface area (Å²) in [6.07, 6.45) is 5.57. The Hall–Kier alpha value is -3.51. The lowest BCUT2D eigenvalue weighted by Crippen LogP contribution is -2.45. The lowest BCUT2D eigenvalue weighted by atomic mass is 9.81. The average Bonchev–Trinajstić information content (AvgIpc) is 3.47. The first kappa shape index (κ1) is 21.3. The number of imidazole rings is 1. The smallest absolute Gasteiger partial charge is 0.387 e. The van der Waals surface area contributed by atoms with E-state index in [9.17, 15) is 18.8 Å². The van der Waals surface area contributed by atoms with E-state index >= 15 is 0 Å². The highest BCUT2D eigenvalue weighted by Gasteiger charge is 2.41. The molecule has 1 aromatic carbocycles. The van der Waals surface area contributed by atoms with Crippen LogP contribution in [0.3, 0.4) is 0 Å². The van der Waals surface area contributed by atoms with Crippen molar-refractivity contribution in [1.29, 1.82) is 5.26 Å². The maximum absolute atomic E-state index is 13.2. The number of Topliss-reactive ketones (excluding diaryl/α,β-unsaturated/α-hetero) is 1. The third kappa shape index (κ3) is 3.80. The zero-order chi connectivity index (χ0) is 23.2. The Kier molecular flexibility index (Phi) is 5.25. The molecule has 0 spiro atoms. The molecule has 3 heterocycles. The minimum absolute atomic E-state index is 0.0329. The molecule has 1 saturated heterocycles. The second-order valence-corrected chi connectivity index (χ2v) is 8.47. The van der Waals surface area contributed by atoms with Gasteiger partial charge in [-0.1, -0.05) is 0 Å². The largest absolute Gasteiger partial charge is 0.496 e. The topological polar surface area (TPSA) is 85.8 Å². The number of nitriles is 1. The van der Waals surface area contributed by atoms with Crippen LogP contribution in [0.1, 0.15) is 35.2 Å². The zero-order valence-corrected chi connectivity index (χ0v) is 17.9. The summed E-state index contributed by atoms with van der Waals surface area (Å²) in [7, 11) is 1.39. The number of ketones is 1. The van der Waals surface area contributed by atoms with Crippen LogP contribution in [0.15, 0.2) is 36.7 Å². The molecule has 0 N–H and O–H groups in total. The van der Waals surface area contributed by atoms with E-state index in [0.717, 1.165) is 18.4 Å². The molecule has 2 fully saturated rings. The van der Waals surface area contributed by atoms with Gasteiger partial charge >= 0.3 is 6.61 Å². The van der Waals surface area contributed by atoms with E-state index in [4.69, 9.17) is 14.2 Å². The number of hydrogen-bond donors (Lipinski definition) is 0. The number of benzene rings is 1. The van der Waals surface area contributed by atoms with Gasteiger partial charge in [-0.05, 0) is 48.6 Å². The molecule has 0 bridgehead atoms. The quantitative estimate of drug-likeness (QED) is 0.471. The second kappa shape index (κ2) is 8.12. The number of fused-ring (bicyclic) bond motifs is 1. The van der Waals surface area contributed by atoms with Crippen LogP contribution < -0.4 is 9.47 Å². The molecule has 0 unspecified atom stereocenters. The van der Waals surface area contributed by atoms with Gasteiger partial charge in [0.1, 0.15) is 28.1 Å². The van der Waals surface area contributed by atoms with Crippen LogP contribution in [0.4, 0.5) is 8.78 Å². The summed E-state index contributed by atoms with van der Waals surface area (Å²) in [5.41, 5.74) is 1.86. The molecule has 0 atom stereocenters. The number of aromatic nitrogens is 2. The monoisotopic (exact) mass is 453 g/mol. The lowest BCUT2D eigenvalue weighted by molar-refractivity contribution is -0.0502. The first-order valence-corrected chi connectivity index (χ1v) is 10.6. The van der Waals surface area contributed by atoms with Crippen molar-refractivity contribution in [3.8, 4) is 28.8 Å². The third-order valence-electron chi connectivity index (χ3n) is 6.22. The van der Waals surface area contributed by atoms with E-state index in [1.807, 2.05) is 12.1 Å². The first-order chi connectivity index (χ1) is 15.9. The van der Waals surface area contributed by atoms with Gasteiger partial charge < -0.3 is 14.2 Å². The zero-order valence-electron chi connectivity index (χ0n) is 17.9. The number of alkyl halides is 2. The van der Waals surface area contributed by atoms with E-state index in [1.54, 1.807) is 22.9 Å². The fourth-order valence-electron chi connectivity index (χ4n) is 4.14. The summed E-state index contributed by atoms with van der Waals surface area (Å²) in [6.45, 7) is -2.43. The second-order valence-electron chi connectivity index (χ2n) is 8.47. The Morgan fingerprint density at radius 1 is 1.33 bits per heavy atom. The fourth-order valence-corrected chi connectivity index (χ4v) is 4.14. The fraction of sp³-hybridized carbons (Fsp3) is 0.375. The van der Waals surface area contributed by atoms with Crippen LogP contribution in [-0.2, 0) is 10.2 Å². The van der Waals surface area contributed by atoms with Crippen molar-refractivity contribution in [2.24, 2.45) is 5.92 Å². The molecular weight excluding hydrogens is 432 g/mol. The molecule has 7 nitrogen and oxygen atoms in total. The maximum atomic E-state index is 13.2. The van der Waals surface area contributed by atoms with Crippen molar-refractivity contribution in [3.05, 3.63) is 47.8 Å². The van der Waals surface area contributed by atoms with Crippen molar-refractivity contribution in [2.45, 2.75) is 31.3 Å². The van der Waals surface area contributed by atoms with Crippen LogP contribution in [0, 0.1) is 17.2 Å². The molecule has 1 saturated carbocycles. The number of halogens is 2. The van der Waals surface area contributed by atoms with E-state index < -0.39 is 12.0 Å². The number of carbonyl (C=O) groups is 1. The van der Waals surface area contributed by atoms with Gasteiger partial charge in [-0.2, -0.15) is 14.0 Å². The molecule has 3 aromatic rings. The van der Waals surface area contributed by atoms with Crippen molar-refractivity contribution >= 4 is 11.4 Å². The van der Waals surface area contributed by atoms with Gasteiger partial charge in [-0.25, -0.2) is 4.98 Å². The number of pyridine rings is 1. The summed E-state index contributed by atoms with van der Waals surface area (Å²) in [6, 6.07) is 9.00. The van der Waals surface area contributed by atoms with E-state index in [2.05, 4.69) is 11.1 Å². The molecule has 2 aliphatic rings. The van der Waals surface area contributed by atoms with Crippen LogP contribution in [-0.4, -0.2) is 42.1 Å². The molecule has 9 heteroatoms. The van der Waals surface area contributed by atoms with Gasteiger partial charge in [0, 0.05) is 18.2 Å². The SMILES string of the molecule is COc1cc(-c2cnc3cc(C4(C#N)COC4)ccn23)cc(OC(F)F)c1C(=O)CC1CC1. The van der Waals surface area contributed by atoms with Gasteiger partial charge in [0.2, 0.25) is 0 Å². The molecule has 2 aromatic heterocycles. The van der Waals surface area contributed by atoms with Crippen molar-refractivity contribution in [1.82, 2.24) is 9.38 Å². The number of rotatable bonds is 8. The van der Waals surface area contributed by atoms with Crippen molar-refractivity contribution in [2.75, 3.05) is 20.3 Å². The van der Waals surface area contributed by atoms with Crippen LogP contribution in [0.25, 0.3) is 16.9 Å². The summed E-state index contributed by atoms with van der Waals surface area (Å²) >= 11 is 0. The average molecular weight is 453 g/mol. The van der Waals surface area contributed by atoms with Crippen LogP contribution >= 0.6 is 0 Å². The highest BCUT2D eigenvalue weighted by atomic mass is 19.3. The van der Waals surface area contributed by atoms with E-state index in [0.29, 0.717) is 30.1 Å². The molecule has 1 aliphatic carbocycles. The molecular formula is C24H21F2N3O4. The number of carbonyl (C=O) groups excluding carboxylic acids is 1. The predicted octanol–water partition coefficient (Wildman–Crippen LogP) is 4.39. The molecule has 33 heavy (non-hydrogen) atoms. The Morgan fingerprint density at radius 3 is 2.70 bits per heavy atom. The van der Waals surface area contributed by atoms with Gasteiger partial charge in [-0.3, -0.25) is 9.20 Å². The van der Waals surface area contributed by atoms with Crippen LogP contribution in [0.2, 0.25) is 0 Å². The van der Waals surface area contributed by atoms with Crippen LogP contribution in [0.5, 0.6) is 11.5 Å². The Balaban J connectivity index is 1.58. The number of hydrogen-bond acceptors (Lipinski definition) is 6. The minimum atomic E-state index is -3.09. The summed E-state index contributed by atoms with van der Waals surface area (Å²) < 4.78 is 43.6. The summed E-state index contributed by atoms with van der Waals surface area (Å²) in [4.78, 5) is 17.3. The standard InChI is InChI=1S/C24H21F2N3O4/c1-31-19-7-15(8-20(33-23(25)26)22(19)18(30)6-14-2-3-14)17-10-28-21-9-16(4-5-29(17)21)24(11-27)12-32-13-24/h4-5,7-10,14,23H,2-3,6,12-13H2,1H3. The van der Waals surface area contributed by atoms with E-state index in [-0.39, 0.29) is 35.2 Å². The van der Waals surface area contributed by atoms with Gasteiger partial charge in [0.05, 0.1) is 38.3 Å². The predicted molar refractivity (Wildman–Crippen MR) is 114 cm³/mol. The Morgan fingerprint density at radius 2 is 2.09 bits per heavy atom. The highest BCUT2D eigenvalue weighted by Crippen LogP contribution is 2.41. The van der Waals surface area contributed by atoms with Gasteiger partial charge in [0.25, 0.3) is 0 Å². The number of methoxy groups -OCH3 is 1. The summed E-state index contributed by atoms with van der Waals surface area (Å²) in [5.74, 6) is -0.0297. The highest BCUT2D eigenvalue weighted by molar-refractivity contribution is 6.02. The molecule has 1 aliphatic heterocycles. The lowest BCUT2D eigenvalue weighted by Gasteiger charge is -2.35. The molecule has 170 valence electrons. The minimum Gasteiger partial charge on any atom is -0.496 e. The third-order valence-corrected chi connectivity index (χ3v) is 6.22. The van der Waals surface area contributed by atoms with Crippen molar-refractivity contribution in [3.63, 3.8) is 0 Å².